The molecule has 10 heteroatoms. The summed E-state index contributed by atoms with van der Waals surface area (Å²) >= 11 is 0.969. The molecule has 3 rings (SSSR count). The van der Waals surface area contributed by atoms with E-state index in [4.69, 9.17) is 0 Å². The topological polar surface area (TPSA) is 93.3 Å². The molecule has 1 saturated heterocycles. The molecule has 1 aliphatic rings. The third-order valence-corrected chi connectivity index (χ3v) is 4.55. The Bertz CT molecular complexity index is 716. The number of aromatic nitrogens is 2. The van der Waals surface area contributed by atoms with Crippen LogP contribution in [0.4, 0.5) is 5.00 Å². The van der Waals surface area contributed by atoms with Crippen LogP contribution >= 0.6 is 23.7 Å². The van der Waals surface area contributed by atoms with Gasteiger partial charge in [0.1, 0.15) is 11.9 Å². The molecule has 1 aliphatic heterocycles. The first-order chi connectivity index (χ1) is 10.6. The van der Waals surface area contributed by atoms with Crippen molar-refractivity contribution < 1.29 is 9.72 Å². The third kappa shape index (κ3) is 3.36. The molecule has 0 aliphatic carbocycles. The van der Waals surface area contributed by atoms with E-state index < -0.39 is 4.92 Å². The second-order valence-corrected chi connectivity index (χ2v) is 5.94. The minimum atomic E-state index is -0.477. The number of amides is 1. The number of aryl methyl sites for hydroxylation is 1. The number of imidazole rings is 1. The number of nitrogens with one attached hydrogen (secondary N) is 1. The summed E-state index contributed by atoms with van der Waals surface area (Å²) in [6.07, 6.45) is 3.53. The van der Waals surface area contributed by atoms with Crippen molar-refractivity contribution in [2.24, 2.45) is 7.05 Å². The summed E-state index contributed by atoms with van der Waals surface area (Å²) in [6.45, 7) is 1.85. The lowest BCUT2D eigenvalue weighted by Crippen LogP contribution is -2.49. The van der Waals surface area contributed by atoms with E-state index in [9.17, 15) is 14.9 Å². The van der Waals surface area contributed by atoms with Crippen molar-refractivity contribution in [1.82, 2.24) is 19.8 Å². The van der Waals surface area contributed by atoms with Crippen LogP contribution < -0.4 is 5.32 Å². The Balaban J connectivity index is 0.00000192. The van der Waals surface area contributed by atoms with Gasteiger partial charge in [0.15, 0.2) is 0 Å². The molecule has 8 nitrogen and oxygen atoms in total. The van der Waals surface area contributed by atoms with Crippen molar-refractivity contribution in [2.75, 3.05) is 19.6 Å². The molecule has 0 radical (unpaired) electrons. The largest absolute Gasteiger partial charge is 0.336 e. The van der Waals surface area contributed by atoms with Crippen LogP contribution in [0.15, 0.2) is 23.8 Å². The van der Waals surface area contributed by atoms with E-state index in [-0.39, 0.29) is 29.4 Å². The average molecular weight is 358 g/mol. The molecule has 0 bridgehead atoms. The Morgan fingerprint density at radius 2 is 2.35 bits per heavy atom. The minimum absolute atomic E-state index is 0. The lowest BCUT2D eigenvalue weighted by Gasteiger charge is -2.35. The lowest BCUT2D eigenvalue weighted by molar-refractivity contribution is -0.380. The summed E-state index contributed by atoms with van der Waals surface area (Å²) in [7, 11) is 1.88. The van der Waals surface area contributed by atoms with Gasteiger partial charge in [-0.05, 0) is 0 Å². The van der Waals surface area contributed by atoms with Crippen LogP contribution in [-0.4, -0.2) is 44.9 Å². The summed E-state index contributed by atoms with van der Waals surface area (Å²) < 4.78 is 1.88. The van der Waals surface area contributed by atoms with Crippen LogP contribution in [0.3, 0.4) is 0 Å². The zero-order valence-corrected chi connectivity index (χ0v) is 14.0. The van der Waals surface area contributed by atoms with E-state index in [0.29, 0.717) is 25.2 Å². The highest BCUT2D eigenvalue weighted by molar-refractivity contribution is 7.13. The van der Waals surface area contributed by atoms with E-state index >= 15 is 0 Å². The second-order valence-electron chi connectivity index (χ2n) is 5.05. The van der Waals surface area contributed by atoms with Crippen molar-refractivity contribution in [1.29, 1.82) is 0 Å². The van der Waals surface area contributed by atoms with Crippen LogP contribution in [0.1, 0.15) is 22.2 Å². The molecule has 1 unspecified atom stereocenters. The lowest BCUT2D eigenvalue weighted by atomic mass is 10.1. The molecule has 1 amide bonds. The van der Waals surface area contributed by atoms with E-state index in [2.05, 4.69) is 10.3 Å². The van der Waals surface area contributed by atoms with Gasteiger partial charge in [0.25, 0.3) is 5.91 Å². The Hall–Kier alpha value is -1.97. The number of rotatable bonds is 3. The van der Waals surface area contributed by atoms with E-state index in [0.717, 1.165) is 17.2 Å². The Kier molecular flexibility index (Phi) is 5.34. The van der Waals surface area contributed by atoms with Crippen LogP contribution in [0.25, 0.3) is 0 Å². The fourth-order valence-electron chi connectivity index (χ4n) is 2.57. The molecule has 3 heterocycles. The van der Waals surface area contributed by atoms with Gasteiger partial charge in [0.05, 0.1) is 10.5 Å². The molecule has 0 spiro atoms. The van der Waals surface area contributed by atoms with Gasteiger partial charge < -0.3 is 14.8 Å². The highest BCUT2D eigenvalue weighted by Gasteiger charge is 2.32. The van der Waals surface area contributed by atoms with Crippen LogP contribution in [0.2, 0.25) is 0 Å². The third-order valence-electron chi connectivity index (χ3n) is 3.67. The molecule has 0 saturated carbocycles. The Labute approximate surface area is 142 Å². The van der Waals surface area contributed by atoms with Crippen molar-refractivity contribution in [2.45, 2.75) is 6.04 Å². The maximum atomic E-state index is 12.7. The molecular formula is C13H16ClN5O3S. The fraction of sp³-hybridized carbons (Fsp3) is 0.385. The number of nitrogens with zero attached hydrogens (tertiary/aromatic N) is 4. The van der Waals surface area contributed by atoms with E-state index in [1.165, 1.54) is 11.4 Å². The number of carbonyl (C=O) groups is 1. The first-order valence-corrected chi connectivity index (χ1v) is 7.67. The first kappa shape index (κ1) is 17.4. The summed E-state index contributed by atoms with van der Waals surface area (Å²) in [4.78, 5) is 29.0. The van der Waals surface area contributed by atoms with E-state index in [1.807, 2.05) is 17.8 Å². The summed E-state index contributed by atoms with van der Waals surface area (Å²) in [5.74, 6) is 0.601. The van der Waals surface area contributed by atoms with Crippen molar-refractivity contribution >= 4 is 34.7 Å². The highest BCUT2D eigenvalue weighted by atomic mass is 35.5. The molecule has 1 N–H and O–H groups in total. The smallest absolute Gasteiger partial charge is 0.324 e. The van der Waals surface area contributed by atoms with Crippen molar-refractivity contribution in [3.63, 3.8) is 0 Å². The highest BCUT2D eigenvalue weighted by Crippen LogP contribution is 2.27. The Morgan fingerprint density at radius 3 is 2.96 bits per heavy atom. The minimum Gasteiger partial charge on any atom is -0.336 e. The number of piperazine rings is 1. The number of carbonyl (C=O) groups excluding carboxylic acids is 1. The van der Waals surface area contributed by atoms with E-state index in [1.54, 1.807) is 11.1 Å². The molecule has 2 aromatic heterocycles. The fourth-order valence-corrected chi connectivity index (χ4v) is 3.27. The standard InChI is InChI=1S/C13H15N5O3S.ClH/c1-16-4-3-15-12(16)10-7-14-2-5-17(10)13(19)9-6-11(18(20)21)22-8-9;/h3-4,6,8,10,14H,2,5,7H2,1H3;1H. The van der Waals surface area contributed by atoms with Crippen molar-refractivity contribution in [3.05, 3.63) is 45.3 Å². The maximum Gasteiger partial charge on any atom is 0.324 e. The van der Waals surface area contributed by atoms with Crippen LogP contribution in [-0.2, 0) is 7.05 Å². The predicted molar refractivity (Wildman–Crippen MR) is 88.1 cm³/mol. The van der Waals surface area contributed by atoms with Gasteiger partial charge in [-0.1, -0.05) is 11.3 Å². The maximum absolute atomic E-state index is 12.7. The van der Waals surface area contributed by atoms with Gasteiger partial charge in [0, 0.05) is 50.5 Å². The number of hydrogen-bond donors (Lipinski definition) is 1. The zero-order valence-electron chi connectivity index (χ0n) is 12.3. The van der Waals surface area contributed by atoms with Gasteiger partial charge >= 0.3 is 5.00 Å². The monoisotopic (exact) mass is 357 g/mol. The number of hydrogen-bond acceptors (Lipinski definition) is 6. The molecule has 1 fully saturated rings. The van der Waals surface area contributed by atoms with Crippen LogP contribution in [0.5, 0.6) is 0 Å². The number of halogens is 1. The van der Waals surface area contributed by atoms with Gasteiger partial charge in [0.2, 0.25) is 0 Å². The van der Waals surface area contributed by atoms with Crippen LogP contribution in [0, 0.1) is 10.1 Å². The number of nitro groups is 1. The summed E-state index contributed by atoms with van der Waals surface area (Å²) in [5, 5.41) is 15.6. The molecule has 0 aromatic carbocycles. The SMILES string of the molecule is Cl.Cn1ccnc1C1CNCCN1C(=O)c1csc([N+](=O)[O-])c1. The molecular weight excluding hydrogens is 342 g/mol. The van der Waals surface area contributed by atoms with Crippen molar-refractivity contribution in [3.8, 4) is 0 Å². The van der Waals surface area contributed by atoms with Gasteiger partial charge in [-0.3, -0.25) is 14.9 Å². The summed E-state index contributed by atoms with van der Waals surface area (Å²) in [5.41, 5.74) is 0.359. The van der Waals surface area contributed by atoms with Gasteiger partial charge in [-0.2, -0.15) is 0 Å². The molecule has 1 atom stereocenters. The molecule has 23 heavy (non-hydrogen) atoms. The zero-order chi connectivity index (χ0) is 15.7. The normalized spacial score (nSPS) is 17.6. The first-order valence-electron chi connectivity index (χ1n) is 6.79. The van der Waals surface area contributed by atoms with Gasteiger partial charge in [-0.25, -0.2) is 4.98 Å². The summed E-state index contributed by atoms with van der Waals surface area (Å²) in [6, 6.07) is 1.16. The Morgan fingerprint density at radius 1 is 1.57 bits per heavy atom. The quantitative estimate of drug-likeness (QED) is 0.665. The second kappa shape index (κ2) is 7.07. The molecule has 124 valence electrons. The molecule has 2 aromatic rings. The average Bonchev–Trinajstić information content (AvgIpc) is 3.15. The number of thiophene rings is 1. The predicted octanol–water partition coefficient (Wildman–Crippen LogP) is 1.60. The van der Waals surface area contributed by atoms with Gasteiger partial charge in [-0.15, -0.1) is 12.4 Å².